The second kappa shape index (κ2) is 7.24. The van der Waals surface area contributed by atoms with Crippen LogP contribution in [0.2, 0.25) is 0 Å². The third-order valence-corrected chi connectivity index (χ3v) is 5.58. The lowest BCUT2D eigenvalue weighted by Crippen LogP contribution is -2.06. The van der Waals surface area contributed by atoms with Gasteiger partial charge in [-0.1, -0.05) is 42.5 Å². The Bertz CT molecular complexity index is 742. The van der Waals surface area contributed by atoms with Crippen LogP contribution in [0, 0.1) is 5.92 Å². The number of hydrogen-bond donors (Lipinski definition) is 0. The first-order valence-electron chi connectivity index (χ1n) is 9.48. The van der Waals surface area contributed by atoms with Crippen LogP contribution in [-0.4, -0.2) is 0 Å². The Labute approximate surface area is 146 Å². The van der Waals surface area contributed by atoms with Crippen molar-refractivity contribution in [3.63, 3.8) is 0 Å². The Morgan fingerprint density at radius 2 is 1.83 bits per heavy atom. The first-order chi connectivity index (χ1) is 11.9. The van der Waals surface area contributed by atoms with Gasteiger partial charge >= 0.3 is 0 Å². The molecule has 0 aliphatic heterocycles. The summed E-state index contributed by atoms with van der Waals surface area (Å²) < 4.78 is 0. The van der Waals surface area contributed by atoms with Crippen molar-refractivity contribution in [1.29, 1.82) is 0 Å². The molecule has 0 heterocycles. The minimum atomic E-state index is 0.709. The van der Waals surface area contributed by atoms with E-state index >= 15 is 0 Å². The zero-order valence-electron chi connectivity index (χ0n) is 14.4. The highest BCUT2D eigenvalue weighted by molar-refractivity contribution is 5.60. The Balaban J connectivity index is 1.67. The van der Waals surface area contributed by atoms with E-state index < -0.39 is 0 Å². The molecule has 0 nitrogen and oxygen atoms in total. The Kier molecular flexibility index (Phi) is 4.67. The van der Waals surface area contributed by atoms with Gasteiger partial charge in [-0.05, 0) is 97.3 Å². The maximum Gasteiger partial charge on any atom is -0.00106 e. The van der Waals surface area contributed by atoms with Crippen LogP contribution < -0.4 is 0 Å². The molecule has 122 valence electrons. The fourth-order valence-corrected chi connectivity index (χ4v) is 4.29. The Morgan fingerprint density at radius 1 is 0.958 bits per heavy atom. The molecule has 0 unspecified atom stereocenters. The SMILES string of the molecule is C1=CCC=C(C2CCC=CCC2)C2=C(C=1)CC(C1=CC=CCC1)=C2. The standard InChI is InChI=1S/C24H26/c1-2-6-14-20(13-5-1)23-16-10-4-9-15-21-17-22(18-24(21)23)19-11-7-3-8-12-19/h1-4,7,11,15-16,18,20H,5-6,8,10,12-14,17H2. The van der Waals surface area contributed by atoms with Gasteiger partial charge in [-0.15, -0.1) is 5.73 Å². The summed E-state index contributed by atoms with van der Waals surface area (Å²) in [6.07, 6.45) is 30.4. The first-order valence-corrected chi connectivity index (χ1v) is 9.48. The summed E-state index contributed by atoms with van der Waals surface area (Å²) in [5.41, 5.74) is 11.0. The van der Waals surface area contributed by atoms with Crippen molar-refractivity contribution in [3.05, 3.63) is 88.3 Å². The summed E-state index contributed by atoms with van der Waals surface area (Å²) in [6, 6.07) is 0. The van der Waals surface area contributed by atoms with Gasteiger partial charge in [-0.3, -0.25) is 0 Å². The maximum absolute atomic E-state index is 3.39. The number of hydrogen-bond acceptors (Lipinski definition) is 0. The van der Waals surface area contributed by atoms with Crippen molar-refractivity contribution in [1.82, 2.24) is 0 Å². The molecule has 0 aromatic carbocycles. The molecule has 4 aliphatic carbocycles. The molecule has 0 aromatic heterocycles. The molecule has 0 amide bonds. The molecule has 0 N–H and O–H groups in total. The minimum absolute atomic E-state index is 0.709. The summed E-state index contributed by atoms with van der Waals surface area (Å²) in [5.74, 6) is 0.709. The van der Waals surface area contributed by atoms with Crippen LogP contribution in [0.1, 0.15) is 51.4 Å². The zero-order valence-corrected chi connectivity index (χ0v) is 14.4. The van der Waals surface area contributed by atoms with Gasteiger partial charge < -0.3 is 0 Å². The molecule has 4 aliphatic rings. The van der Waals surface area contributed by atoms with E-state index in [0.29, 0.717) is 5.92 Å². The minimum Gasteiger partial charge on any atom is -0.125 e. The van der Waals surface area contributed by atoms with Gasteiger partial charge in [0.2, 0.25) is 0 Å². The molecule has 0 fully saturated rings. The van der Waals surface area contributed by atoms with Crippen LogP contribution in [0.5, 0.6) is 0 Å². The molecular weight excluding hydrogens is 288 g/mol. The predicted molar refractivity (Wildman–Crippen MR) is 103 cm³/mol. The Hall–Kier alpha value is -2.04. The molecule has 0 saturated heterocycles. The summed E-state index contributed by atoms with van der Waals surface area (Å²) in [4.78, 5) is 0. The summed E-state index contributed by atoms with van der Waals surface area (Å²) in [6.45, 7) is 0. The van der Waals surface area contributed by atoms with Crippen LogP contribution in [-0.2, 0) is 0 Å². The Morgan fingerprint density at radius 3 is 2.62 bits per heavy atom. The summed E-state index contributed by atoms with van der Waals surface area (Å²) in [7, 11) is 0. The highest BCUT2D eigenvalue weighted by Crippen LogP contribution is 2.41. The molecule has 4 rings (SSSR count). The van der Waals surface area contributed by atoms with Gasteiger partial charge in [0.15, 0.2) is 0 Å². The van der Waals surface area contributed by atoms with E-state index in [1.54, 1.807) is 5.57 Å². The van der Waals surface area contributed by atoms with E-state index in [9.17, 15) is 0 Å². The van der Waals surface area contributed by atoms with E-state index in [4.69, 9.17) is 0 Å². The van der Waals surface area contributed by atoms with Gasteiger partial charge in [0.25, 0.3) is 0 Å². The normalized spacial score (nSPS) is 24.1. The summed E-state index contributed by atoms with van der Waals surface area (Å²) >= 11 is 0. The highest BCUT2D eigenvalue weighted by atomic mass is 14.3. The van der Waals surface area contributed by atoms with Crippen LogP contribution in [0.4, 0.5) is 0 Å². The largest absolute Gasteiger partial charge is 0.125 e. The smallest absolute Gasteiger partial charge is 0.00106 e. The van der Waals surface area contributed by atoms with Crippen molar-refractivity contribution in [2.45, 2.75) is 51.4 Å². The van der Waals surface area contributed by atoms with Crippen molar-refractivity contribution in [2.75, 3.05) is 0 Å². The fraction of sp³-hybridized carbons (Fsp3) is 0.375. The van der Waals surface area contributed by atoms with Crippen LogP contribution in [0.25, 0.3) is 0 Å². The van der Waals surface area contributed by atoms with E-state index in [1.165, 1.54) is 60.8 Å². The molecule has 24 heavy (non-hydrogen) atoms. The maximum atomic E-state index is 3.39. The number of rotatable bonds is 2. The molecule has 0 atom stereocenters. The van der Waals surface area contributed by atoms with Gasteiger partial charge in [0.05, 0.1) is 0 Å². The second-order valence-corrected chi connectivity index (χ2v) is 7.18. The lowest BCUT2D eigenvalue weighted by molar-refractivity contribution is 0.544. The average molecular weight is 314 g/mol. The van der Waals surface area contributed by atoms with Crippen molar-refractivity contribution >= 4 is 0 Å². The zero-order chi connectivity index (χ0) is 16.2. The molecule has 0 saturated carbocycles. The molecule has 0 spiro atoms. The third kappa shape index (κ3) is 3.25. The molecule has 0 bridgehead atoms. The van der Waals surface area contributed by atoms with E-state index in [-0.39, 0.29) is 0 Å². The van der Waals surface area contributed by atoms with Crippen molar-refractivity contribution in [2.24, 2.45) is 5.92 Å². The lowest BCUT2D eigenvalue weighted by Gasteiger charge is -2.20. The summed E-state index contributed by atoms with van der Waals surface area (Å²) in [5, 5.41) is 0. The predicted octanol–water partition coefficient (Wildman–Crippen LogP) is 6.68. The topological polar surface area (TPSA) is 0 Å². The monoisotopic (exact) mass is 314 g/mol. The first kappa shape index (κ1) is 15.5. The second-order valence-electron chi connectivity index (χ2n) is 7.18. The quantitative estimate of drug-likeness (QED) is 0.394. The number of allylic oxidation sites excluding steroid dienone is 13. The lowest BCUT2D eigenvalue weighted by atomic mass is 9.84. The van der Waals surface area contributed by atoms with Gasteiger partial charge in [-0.25, -0.2) is 0 Å². The van der Waals surface area contributed by atoms with Gasteiger partial charge in [-0.2, -0.15) is 0 Å². The van der Waals surface area contributed by atoms with E-state index in [1.807, 2.05) is 0 Å². The molecule has 0 aromatic rings. The fourth-order valence-electron chi connectivity index (χ4n) is 4.29. The molecular formula is C24H26. The third-order valence-electron chi connectivity index (χ3n) is 5.58. The van der Waals surface area contributed by atoms with Gasteiger partial charge in [0.1, 0.15) is 0 Å². The molecule has 0 heteroatoms. The van der Waals surface area contributed by atoms with E-state index in [0.717, 1.165) is 12.8 Å². The van der Waals surface area contributed by atoms with Crippen LogP contribution in [0.3, 0.4) is 0 Å². The molecule has 0 radical (unpaired) electrons. The van der Waals surface area contributed by atoms with Crippen LogP contribution >= 0.6 is 0 Å². The van der Waals surface area contributed by atoms with Crippen molar-refractivity contribution in [3.8, 4) is 0 Å². The van der Waals surface area contributed by atoms with Crippen LogP contribution in [0.15, 0.2) is 88.3 Å². The highest BCUT2D eigenvalue weighted by Gasteiger charge is 2.24. The van der Waals surface area contributed by atoms with E-state index in [2.05, 4.69) is 60.4 Å². The van der Waals surface area contributed by atoms with Gasteiger partial charge in [0, 0.05) is 0 Å². The van der Waals surface area contributed by atoms with Crippen molar-refractivity contribution < 1.29 is 0 Å². The average Bonchev–Trinajstić information content (AvgIpc) is 2.82.